The molecule has 1 rings (SSSR count). The maximum Gasteiger partial charge on any atom is 0.278 e. The number of hydroxylamine groups is 2. The van der Waals surface area contributed by atoms with Crippen LogP contribution in [-0.4, -0.2) is 33.5 Å². The molecule has 2 N–H and O–H groups in total. The summed E-state index contributed by atoms with van der Waals surface area (Å²) in [7, 11) is -1.20. The van der Waals surface area contributed by atoms with Gasteiger partial charge in [0.1, 0.15) is 0 Å². The number of carbonyl (C=O) groups excluding carboxylic acids is 1. The van der Waals surface area contributed by atoms with Gasteiger partial charge in [-0.3, -0.25) is 9.63 Å². The predicted molar refractivity (Wildman–Crippen MR) is 61.9 cm³/mol. The molecule has 0 aliphatic carbocycles. The minimum atomic E-state index is -3.88. The van der Waals surface area contributed by atoms with Gasteiger partial charge in [-0.1, -0.05) is 11.6 Å². The van der Waals surface area contributed by atoms with E-state index in [1.807, 2.05) is 0 Å². The largest absolute Gasteiger partial charge is 0.278 e. The van der Waals surface area contributed by atoms with Gasteiger partial charge in [0.15, 0.2) is 0 Å². The molecule has 6 nitrogen and oxygen atoms in total. The fourth-order valence-electron chi connectivity index (χ4n) is 1.10. The Hall–Kier alpha value is -1.15. The smallest absolute Gasteiger partial charge is 0.274 e. The van der Waals surface area contributed by atoms with E-state index in [1.54, 1.807) is 0 Å². The zero-order valence-corrected chi connectivity index (χ0v) is 10.7. The quantitative estimate of drug-likeness (QED) is 0.821. The summed E-state index contributed by atoms with van der Waals surface area (Å²) in [4.78, 5) is 16.3. The highest BCUT2D eigenvalue weighted by molar-refractivity contribution is 7.89. The molecule has 0 aliphatic heterocycles. The lowest BCUT2D eigenvalue weighted by molar-refractivity contribution is -0.0757. The van der Waals surface area contributed by atoms with E-state index in [1.165, 1.54) is 26.3 Å². The van der Waals surface area contributed by atoms with Crippen molar-refractivity contribution in [3.8, 4) is 0 Å². The van der Waals surface area contributed by atoms with Crippen molar-refractivity contribution < 1.29 is 18.0 Å². The molecule has 0 aliphatic rings. The van der Waals surface area contributed by atoms with Crippen molar-refractivity contribution in [3.63, 3.8) is 0 Å². The topological polar surface area (TPSA) is 89.7 Å². The van der Waals surface area contributed by atoms with Crippen LogP contribution in [0, 0.1) is 0 Å². The molecule has 1 amide bonds. The van der Waals surface area contributed by atoms with Gasteiger partial charge in [0, 0.05) is 7.05 Å². The van der Waals surface area contributed by atoms with Crippen molar-refractivity contribution in [3.05, 3.63) is 28.8 Å². The van der Waals surface area contributed by atoms with Gasteiger partial charge >= 0.3 is 0 Å². The van der Waals surface area contributed by atoms with E-state index in [4.69, 9.17) is 21.6 Å². The number of rotatable bonds is 3. The first kappa shape index (κ1) is 13.9. The summed E-state index contributed by atoms with van der Waals surface area (Å²) in [5.41, 5.74) is 0.00235. The number of nitrogens with zero attached hydrogens (tertiary/aromatic N) is 1. The summed E-state index contributed by atoms with van der Waals surface area (Å²) in [5, 5.41) is 6.00. The SMILES string of the molecule is CON(C)C(=O)c1cc(S(N)(=O)=O)ccc1Cl. The van der Waals surface area contributed by atoms with E-state index >= 15 is 0 Å². The monoisotopic (exact) mass is 278 g/mol. The molecule has 0 fully saturated rings. The van der Waals surface area contributed by atoms with E-state index in [2.05, 4.69) is 0 Å². The molecule has 1 aromatic carbocycles. The van der Waals surface area contributed by atoms with E-state index in [9.17, 15) is 13.2 Å². The van der Waals surface area contributed by atoms with Crippen LogP contribution in [0.3, 0.4) is 0 Å². The lowest BCUT2D eigenvalue weighted by Gasteiger charge is -2.14. The van der Waals surface area contributed by atoms with Gasteiger partial charge < -0.3 is 0 Å². The van der Waals surface area contributed by atoms with Gasteiger partial charge in [-0.15, -0.1) is 0 Å². The van der Waals surface area contributed by atoms with Crippen LogP contribution in [0.25, 0.3) is 0 Å². The van der Waals surface area contributed by atoms with Crippen molar-refractivity contribution in [2.45, 2.75) is 4.90 Å². The number of hydrogen-bond donors (Lipinski definition) is 1. The summed E-state index contributed by atoms with van der Waals surface area (Å²) in [6, 6.07) is 3.62. The van der Waals surface area contributed by atoms with Gasteiger partial charge in [-0.05, 0) is 18.2 Å². The first-order valence-corrected chi connectivity index (χ1v) is 6.34. The summed E-state index contributed by atoms with van der Waals surface area (Å²) in [6.07, 6.45) is 0. The lowest BCUT2D eigenvalue weighted by atomic mass is 10.2. The van der Waals surface area contributed by atoms with Crippen molar-refractivity contribution in [2.24, 2.45) is 5.14 Å². The van der Waals surface area contributed by atoms with Crippen LogP contribution in [0.5, 0.6) is 0 Å². The third-order valence-corrected chi connectivity index (χ3v) is 3.30. The second-order valence-electron chi connectivity index (χ2n) is 3.17. The number of halogens is 1. The molecule has 94 valence electrons. The molecule has 1 aromatic rings. The third kappa shape index (κ3) is 3.16. The molecular formula is C9H11ClN2O4S. The Morgan fingerprint density at radius 1 is 1.47 bits per heavy atom. The molecule has 0 bridgehead atoms. The summed E-state index contributed by atoms with van der Waals surface area (Å²) < 4.78 is 22.3. The van der Waals surface area contributed by atoms with Crippen molar-refractivity contribution >= 4 is 27.5 Å². The van der Waals surface area contributed by atoms with Crippen LogP contribution in [0.1, 0.15) is 10.4 Å². The normalized spacial score (nSPS) is 11.3. The van der Waals surface area contributed by atoms with Gasteiger partial charge in [-0.2, -0.15) is 0 Å². The minimum Gasteiger partial charge on any atom is -0.274 e. The number of hydrogen-bond acceptors (Lipinski definition) is 4. The van der Waals surface area contributed by atoms with E-state index in [0.29, 0.717) is 0 Å². The lowest BCUT2D eigenvalue weighted by Crippen LogP contribution is -2.26. The predicted octanol–water partition coefficient (Wildman–Crippen LogP) is 0.621. The van der Waals surface area contributed by atoms with E-state index in [-0.39, 0.29) is 15.5 Å². The zero-order valence-electron chi connectivity index (χ0n) is 9.18. The first-order chi connectivity index (χ1) is 7.77. The Morgan fingerprint density at radius 2 is 2.06 bits per heavy atom. The molecular weight excluding hydrogens is 268 g/mol. The Balaban J connectivity index is 3.30. The van der Waals surface area contributed by atoms with Crippen LogP contribution >= 0.6 is 11.6 Å². The van der Waals surface area contributed by atoms with Gasteiger partial charge in [0.25, 0.3) is 5.91 Å². The number of amides is 1. The third-order valence-electron chi connectivity index (χ3n) is 2.06. The number of sulfonamides is 1. The molecule has 0 heterocycles. The fraction of sp³-hybridized carbons (Fsp3) is 0.222. The fourth-order valence-corrected chi connectivity index (χ4v) is 1.84. The van der Waals surface area contributed by atoms with Crippen molar-refractivity contribution in [1.29, 1.82) is 0 Å². The molecule has 17 heavy (non-hydrogen) atoms. The standard InChI is InChI=1S/C9H11ClN2O4S/c1-12(16-2)9(13)7-5-6(17(11,14)15)3-4-8(7)10/h3-5H,1-2H3,(H2,11,14,15). The molecule has 8 heteroatoms. The number of nitrogens with two attached hydrogens (primary N) is 1. The average Bonchev–Trinajstić information content (AvgIpc) is 2.26. The van der Waals surface area contributed by atoms with Gasteiger partial charge in [0.05, 0.1) is 22.6 Å². The second kappa shape index (κ2) is 5.01. The van der Waals surface area contributed by atoms with Crippen molar-refractivity contribution in [1.82, 2.24) is 5.06 Å². The Labute approximate surface area is 104 Å². The van der Waals surface area contributed by atoms with E-state index in [0.717, 1.165) is 11.1 Å². The minimum absolute atomic E-state index is 0.00235. The summed E-state index contributed by atoms with van der Waals surface area (Å²) >= 11 is 5.80. The molecule has 0 spiro atoms. The Kier molecular flexibility index (Phi) is 4.10. The van der Waals surface area contributed by atoms with Crippen molar-refractivity contribution in [2.75, 3.05) is 14.2 Å². The Morgan fingerprint density at radius 3 is 2.53 bits per heavy atom. The average molecular weight is 279 g/mol. The zero-order chi connectivity index (χ0) is 13.2. The number of benzene rings is 1. The molecule has 0 unspecified atom stereocenters. The summed E-state index contributed by atoms with van der Waals surface area (Å²) in [6.45, 7) is 0. The van der Waals surface area contributed by atoms with Crippen LogP contribution < -0.4 is 5.14 Å². The molecule has 0 aromatic heterocycles. The van der Waals surface area contributed by atoms with Crippen LogP contribution in [0.2, 0.25) is 5.02 Å². The molecule has 0 atom stereocenters. The second-order valence-corrected chi connectivity index (χ2v) is 5.14. The van der Waals surface area contributed by atoms with Crippen LogP contribution in [0.15, 0.2) is 23.1 Å². The molecule has 0 radical (unpaired) electrons. The highest BCUT2D eigenvalue weighted by atomic mass is 35.5. The number of carbonyl (C=O) groups is 1. The first-order valence-electron chi connectivity index (χ1n) is 4.42. The highest BCUT2D eigenvalue weighted by Crippen LogP contribution is 2.21. The van der Waals surface area contributed by atoms with Crippen LogP contribution in [-0.2, 0) is 14.9 Å². The number of primary sulfonamides is 1. The van der Waals surface area contributed by atoms with Gasteiger partial charge in [-0.25, -0.2) is 18.6 Å². The Bertz CT molecular complexity index is 544. The highest BCUT2D eigenvalue weighted by Gasteiger charge is 2.18. The summed E-state index contributed by atoms with van der Waals surface area (Å²) in [5.74, 6) is -0.567. The van der Waals surface area contributed by atoms with Crippen LogP contribution in [0.4, 0.5) is 0 Å². The maximum absolute atomic E-state index is 11.8. The molecule has 0 saturated heterocycles. The maximum atomic E-state index is 11.8. The van der Waals surface area contributed by atoms with E-state index < -0.39 is 15.9 Å². The molecule has 0 saturated carbocycles. The van der Waals surface area contributed by atoms with Gasteiger partial charge in [0.2, 0.25) is 10.0 Å².